The van der Waals surface area contributed by atoms with Gasteiger partial charge in [-0.25, -0.2) is 0 Å². The van der Waals surface area contributed by atoms with Crippen LogP contribution in [0.15, 0.2) is 0 Å². The van der Waals surface area contributed by atoms with Gasteiger partial charge in [-0.05, 0) is 23.8 Å². The molecule has 0 fully saturated rings. The third-order valence-corrected chi connectivity index (χ3v) is 1.48. The first-order valence-electron chi connectivity index (χ1n) is 3.46. The molecule has 0 aromatic carbocycles. The molecule has 0 amide bonds. The van der Waals surface area contributed by atoms with Crippen molar-refractivity contribution in [3.63, 3.8) is 0 Å². The fraction of sp³-hybridized carbons (Fsp3) is 0.750. The average Bonchev–Trinajstić information content (AvgIpc) is 1.62. The van der Waals surface area contributed by atoms with Gasteiger partial charge in [-0.1, -0.05) is 12.8 Å². The SMILES string of the molecule is C1#CCCCCCC1.[SiH4]. The second-order valence-electron chi connectivity index (χ2n) is 2.27. The molecule has 0 N–H and O–H groups in total. The van der Waals surface area contributed by atoms with Crippen molar-refractivity contribution in [2.24, 2.45) is 0 Å². The summed E-state index contributed by atoms with van der Waals surface area (Å²) in [4.78, 5) is 0. The topological polar surface area (TPSA) is 0 Å². The lowest BCUT2D eigenvalue weighted by atomic mass is 10.1. The lowest BCUT2D eigenvalue weighted by Gasteiger charge is -1.97. The minimum atomic E-state index is 0. The van der Waals surface area contributed by atoms with Crippen LogP contribution in [-0.4, -0.2) is 11.0 Å². The molecule has 1 aliphatic rings. The molecule has 0 spiro atoms. The normalized spacial score (nSPS) is 17.8. The Morgan fingerprint density at radius 2 is 1.11 bits per heavy atom. The largest absolute Gasteiger partial charge is 0.103 e. The van der Waals surface area contributed by atoms with Crippen molar-refractivity contribution in [1.82, 2.24) is 0 Å². The van der Waals surface area contributed by atoms with E-state index in [4.69, 9.17) is 0 Å². The highest BCUT2D eigenvalue weighted by Gasteiger charge is 1.89. The second-order valence-corrected chi connectivity index (χ2v) is 2.27. The zero-order chi connectivity index (χ0) is 5.66. The van der Waals surface area contributed by atoms with Crippen molar-refractivity contribution in [2.45, 2.75) is 38.5 Å². The van der Waals surface area contributed by atoms with Gasteiger partial charge in [-0.15, -0.1) is 11.8 Å². The minimum absolute atomic E-state index is 0. The van der Waals surface area contributed by atoms with Crippen molar-refractivity contribution in [1.29, 1.82) is 0 Å². The third kappa shape index (κ3) is 4.29. The Kier molecular flexibility index (Phi) is 5.76. The molecule has 1 heteroatoms. The quantitative estimate of drug-likeness (QED) is 0.346. The maximum Gasteiger partial charge on any atom is 0.00886 e. The van der Waals surface area contributed by atoms with Crippen LogP contribution in [0.2, 0.25) is 0 Å². The molecule has 0 aliphatic heterocycles. The predicted octanol–water partition coefficient (Wildman–Crippen LogP) is 0.892. The second kappa shape index (κ2) is 5.91. The highest BCUT2D eigenvalue weighted by molar-refractivity contribution is 5.75. The molecule has 52 valence electrons. The molecule has 0 atom stereocenters. The summed E-state index contributed by atoms with van der Waals surface area (Å²) in [6.07, 6.45) is 7.73. The Bertz CT molecular complexity index is 95.5. The monoisotopic (exact) mass is 140 g/mol. The summed E-state index contributed by atoms with van der Waals surface area (Å²) in [6.45, 7) is 0. The fourth-order valence-electron chi connectivity index (χ4n) is 0.957. The lowest BCUT2D eigenvalue weighted by molar-refractivity contribution is 0.652. The van der Waals surface area contributed by atoms with Gasteiger partial charge in [0.15, 0.2) is 0 Å². The Labute approximate surface area is 62.1 Å². The predicted molar refractivity (Wildman–Crippen MR) is 46.8 cm³/mol. The Morgan fingerprint density at radius 3 is 1.56 bits per heavy atom. The lowest BCUT2D eigenvalue weighted by Crippen LogP contribution is -1.80. The van der Waals surface area contributed by atoms with E-state index in [1.807, 2.05) is 0 Å². The van der Waals surface area contributed by atoms with Crippen molar-refractivity contribution in [3.8, 4) is 11.8 Å². The first-order valence-corrected chi connectivity index (χ1v) is 3.46. The molecular formula is C8H16Si. The van der Waals surface area contributed by atoms with Crippen LogP contribution in [0, 0.1) is 11.8 Å². The van der Waals surface area contributed by atoms with Crippen LogP contribution in [0.25, 0.3) is 0 Å². The Balaban J connectivity index is 0.000000640. The van der Waals surface area contributed by atoms with Gasteiger partial charge in [0.25, 0.3) is 0 Å². The van der Waals surface area contributed by atoms with Crippen LogP contribution in [0.1, 0.15) is 38.5 Å². The zero-order valence-electron chi connectivity index (χ0n) is 5.24. The van der Waals surface area contributed by atoms with E-state index in [2.05, 4.69) is 11.8 Å². The fourth-order valence-corrected chi connectivity index (χ4v) is 0.957. The van der Waals surface area contributed by atoms with E-state index in [-0.39, 0.29) is 11.0 Å². The van der Waals surface area contributed by atoms with Gasteiger partial charge in [-0.2, -0.15) is 0 Å². The van der Waals surface area contributed by atoms with Gasteiger partial charge in [0.2, 0.25) is 0 Å². The molecule has 0 saturated heterocycles. The first-order chi connectivity index (χ1) is 4.00. The van der Waals surface area contributed by atoms with Crippen LogP contribution in [0.3, 0.4) is 0 Å². The molecule has 0 bridgehead atoms. The number of hydrogen-bond donors (Lipinski definition) is 0. The molecule has 9 heavy (non-hydrogen) atoms. The van der Waals surface area contributed by atoms with Crippen molar-refractivity contribution in [2.75, 3.05) is 0 Å². The van der Waals surface area contributed by atoms with Gasteiger partial charge in [0, 0.05) is 12.8 Å². The molecule has 1 aliphatic carbocycles. The molecule has 0 nitrogen and oxygen atoms in total. The molecule has 0 aromatic heterocycles. The van der Waals surface area contributed by atoms with Crippen molar-refractivity contribution < 1.29 is 0 Å². The smallest absolute Gasteiger partial charge is 0.00886 e. The van der Waals surface area contributed by atoms with Crippen molar-refractivity contribution >= 4 is 11.0 Å². The summed E-state index contributed by atoms with van der Waals surface area (Å²) < 4.78 is 0. The maximum atomic E-state index is 3.14. The summed E-state index contributed by atoms with van der Waals surface area (Å²) in [6, 6.07) is 0. The summed E-state index contributed by atoms with van der Waals surface area (Å²) in [5.74, 6) is 6.27. The molecule has 0 radical (unpaired) electrons. The molecule has 0 aromatic rings. The van der Waals surface area contributed by atoms with Gasteiger partial charge >= 0.3 is 0 Å². The highest BCUT2D eigenvalue weighted by atomic mass is 28.1. The van der Waals surface area contributed by atoms with Gasteiger partial charge in [-0.3, -0.25) is 0 Å². The highest BCUT2D eigenvalue weighted by Crippen LogP contribution is 2.06. The number of rotatable bonds is 0. The van der Waals surface area contributed by atoms with E-state index in [0.717, 1.165) is 12.8 Å². The van der Waals surface area contributed by atoms with Crippen LogP contribution in [-0.2, 0) is 0 Å². The summed E-state index contributed by atoms with van der Waals surface area (Å²) in [5, 5.41) is 0. The summed E-state index contributed by atoms with van der Waals surface area (Å²) >= 11 is 0. The van der Waals surface area contributed by atoms with E-state index in [0.29, 0.717) is 0 Å². The number of hydrogen-bond acceptors (Lipinski definition) is 0. The molecule has 0 unspecified atom stereocenters. The standard InChI is InChI=1S/C8H12.H4Si/c1-2-4-6-8-7-5-3-1;/h1-6H2;1H4. The van der Waals surface area contributed by atoms with Crippen LogP contribution >= 0.6 is 0 Å². The average molecular weight is 140 g/mol. The minimum Gasteiger partial charge on any atom is -0.103 e. The van der Waals surface area contributed by atoms with E-state index in [1.54, 1.807) is 0 Å². The molecule has 0 heterocycles. The molecule has 1 rings (SSSR count). The Morgan fingerprint density at radius 1 is 0.667 bits per heavy atom. The summed E-state index contributed by atoms with van der Waals surface area (Å²) in [5.41, 5.74) is 0. The van der Waals surface area contributed by atoms with Crippen molar-refractivity contribution in [3.05, 3.63) is 0 Å². The van der Waals surface area contributed by atoms with E-state index >= 15 is 0 Å². The van der Waals surface area contributed by atoms with Crippen LogP contribution < -0.4 is 0 Å². The zero-order valence-corrected chi connectivity index (χ0v) is 5.24. The first kappa shape index (κ1) is 8.78. The van der Waals surface area contributed by atoms with E-state index in [1.165, 1.54) is 25.7 Å². The van der Waals surface area contributed by atoms with Crippen LogP contribution in [0.4, 0.5) is 0 Å². The maximum absolute atomic E-state index is 3.14. The Hall–Kier alpha value is -0.223. The van der Waals surface area contributed by atoms with Crippen LogP contribution in [0.5, 0.6) is 0 Å². The molecular weight excluding hydrogens is 124 g/mol. The third-order valence-electron chi connectivity index (χ3n) is 1.48. The van der Waals surface area contributed by atoms with Gasteiger partial charge in [0.05, 0.1) is 0 Å². The van der Waals surface area contributed by atoms with Gasteiger partial charge < -0.3 is 0 Å². The van der Waals surface area contributed by atoms with E-state index < -0.39 is 0 Å². The van der Waals surface area contributed by atoms with E-state index in [9.17, 15) is 0 Å². The van der Waals surface area contributed by atoms with Gasteiger partial charge in [0.1, 0.15) is 0 Å². The summed E-state index contributed by atoms with van der Waals surface area (Å²) in [7, 11) is 0. The molecule has 0 saturated carbocycles.